The fourth-order valence-corrected chi connectivity index (χ4v) is 3.89. The standard InChI is InChI=1S/C17H26N4S/c1-3-20-9-7-18-17(20)14-21-11-10-19(13-15(21)2)8-6-16-5-4-12-22-16/h4-5,7,9,12,15H,3,6,8,10-11,13-14H2,1-2H3/t15-/m0/s1. The van der Waals surface area contributed by atoms with Crippen LogP contribution >= 0.6 is 11.3 Å². The highest BCUT2D eigenvalue weighted by atomic mass is 32.1. The van der Waals surface area contributed by atoms with Crippen LogP contribution in [0.5, 0.6) is 0 Å². The molecule has 1 saturated heterocycles. The summed E-state index contributed by atoms with van der Waals surface area (Å²) >= 11 is 1.87. The summed E-state index contributed by atoms with van der Waals surface area (Å²) in [5, 5.41) is 2.17. The number of aryl methyl sites for hydroxylation is 1. The van der Waals surface area contributed by atoms with Gasteiger partial charge in [0.25, 0.3) is 0 Å². The highest BCUT2D eigenvalue weighted by molar-refractivity contribution is 7.09. The van der Waals surface area contributed by atoms with Crippen molar-refractivity contribution in [1.82, 2.24) is 19.4 Å². The predicted molar refractivity (Wildman–Crippen MR) is 92.2 cm³/mol. The number of hydrogen-bond acceptors (Lipinski definition) is 4. The van der Waals surface area contributed by atoms with E-state index in [1.54, 1.807) is 0 Å². The van der Waals surface area contributed by atoms with Crippen LogP contribution in [0, 0.1) is 0 Å². The van der Waals surface area contributed by atoms with Gasteiger partial charge in [0, 0.05) is 56.0 Å². The topological polar surface area (TPSA) is 24.3 Å². The van der Waals surface area contributed by atoms with E-state index in [9.17, 15) is 0 Å². The number of hydrogen-bond donors (Lipinski definition) is 0. The van der Waals surface area contributed by atoms with Crippen LogP contribution in [0.3, 0.4) is 0 Å². The molecule has 1 fully saturated rings. The minimum absolute atomic E-state index is 0.596. The maximum Gasteiger partial charge on any atom is 0.122 e. The summed E-state index contributed by atoms with van der Waals surface area (Å²) in [6.07, 6.45) is 5.18. The van der Waals surface area contributed by atoms with Gasteiger partial charge in [-0.2, -0.15) is 0 Å². The molecule has 2 aromatic rings. The molecule has 1 atom stereocenters. The van der Waals surface area contributed by atoms with E-state index in [0.717, 1.165) is 26.2 Å². The molecule has 0 spiro atoms. The summed E-state index contributed by atoms with van der Waals surface area (Å²) in [7, 11) is 0. The third-order valence-electron chi connectivity index (χ3n) is 4.59. The third-order valence-corrected chi connectivity index (χ3v) is 5.53. The molecule has 1 aliphatic rings. The van der Waals surface area contributed by atoms with E-state index < -0.39 is 0 Å². The van der Waals surface area contributed by atoms with Gasteiger partial charge < -0.3 is 9.47 Å². The fraction of sp³-hybridized carbons (Fsp3) is 0.588. The normalized spacial score (nSPS) is 20.5. The van der Waals surface area contributed by atoms with Gasteiger partial charge in [-0.1, -0.05) is 6.07 Å². The van der Waals surface area contributed by atoms with Crippen molar-refractivity contribution in [3.05, 3.63) is 40.6 Å². The molecule has 1 aliphatic heterocycles. The number of piperazine rings is 1. The summed E-state index contributed by atoms with van der Waals surface area (Å²) < 4.78 is 2.25. The molecule has 120 valence electrons. The van der Waals surface area contributed by atoms with E-state index in [1.165, 1.54) is 30.2 Å². The molecule has 0 bridgehead atoms. The minimum Gasteiger partial charge on any atom is -0.334 e. The Balaban J connectivity index is 1.49. The van der Waals surface area contributed by atoms with Crippen LogP contribution < -0.4 is 0 Å². The van der Waals surface area contributed by atoms with Crippen molar-refractivity contribution in [2.45, 2.75) is 39.4 Å². The quantitative estimate of drug-likeness (QED) is 0.818. The molecule has 0 N–H and O–H groups in total. The fourth-order valence-electron chi connectivity index (χ4n) is 3.19. The highest BCUT2D eigenvalue weighted by Gasteiger charge is 2.24. The van der Waals surface area contributed by atoms with Crippen molar-refractivity contribution < 1.29 is 0 Å². The van der Waals surface area contributed by atoms with E-state index in [-0.39, 0.29) is 0 Å². The van der Waals surface area contributed by atoms with Crippen LogP contribution in [0.1, 0.15) is 24.5 Å². The predicted octanol–water partition coefficient (Wildman–Crippen LogP) is 2.71. The second-order valence-corrected chi connectivity index (χ2v) is 7.11. The molecular formula is C17H26N4S. The average molecular weight is 318 g/mol. The molecule has 0 aliphatic carbocycles. The van der Waals surface area contributed by atoms with Gasteiger partial charge in [-0.25, -0.2) is 4.98 Å². The summed E-state index contributed by atoms with van der Waals surface area (Å²) in [6, 6.07) is 4.99. The van der Waals surface area contributed by atoms with Gasteiger partial charge in [-0.3, -0.25) is 4.90 Å². The highest BCUT2D eigenvalue weighted by Crippen LogP contribution is 2.15. The lowest BCUT2D eigenvalue weighted by Crippen LogP contribution is -2.51. The SMILES string of the molecule is CCn1ccnc1CN1CCN(CCc2cccs2)C[C@@H]1C. The smallest absolute Gasteiger partial charge is 0.122 e. The van der Waals surface area contributed by atoms with Gasteiger partial charge in [0.1, 0.15) is 5.82 Å². The first-order valence-electron chi connectivity index (χ1n) is 8.25. The van der Waals surface area contributed by atoms with Gasteiger partial charge in [0.2, 0.25) is 0 Å². The van der Waals surface area contributed by atoms with E-state index in [4.69, 9.17) is 0 Å². The molecule has 3 rings (SSSR count). The van der Waals surface area contributed by atoms with Crippen LogP contribution in [-0.4, -0.2) is 51.6 Å². The molecule has 0 radical (unpaired) electrons. The number of thiophene rings is 1. The molecule has 4 nitrogen and oxygen atoms in total. The molecular weight excluding hydrogens is 292 g/mol. The Kier molecular flexibility index (Phi) is 5.28. The third kappa shape index (κ3) is 3.77. The lowest BCUT2D eigenvalue weighted by Gasteiger charge is -2.39. The van der Waals surface area contributed by atoms with E-state index >= 15 is 0 Å². The van der Waals surface area contributed by atoms with Crippen molar-refractivity contribution in [2.24, 2.45) is 0 Å². The molecule has 0 amide bonds. The lowest BCUT2D eigenvalue weighted by atomic mass is 10.1. The maximum atomic E-state index is 4.51. The Labute approximate surface area is 137 Å². The zero-order chi connectivity index (χ0) is 15.4. The Morgan fingerprint density at radius 2 is 2.27 bits per heavy atom. The van der Waals surface area contributed by atoms with E-state index in [0.29, 0.717) is 6.04 Å². The van der Waals surface area contributed by atoms with Crippen LogP contribution in [0.4, 0.5) is 0 Å². The Hall–Kier alpha value is -1.17. The summed E-state index contributed by atoms with van der Waals surface area (Å²) in [5.74, 6) is 1.20. The number of imidazole rings is 1. The number of rotatable bonds is 6. The zero-order valence-electron chi connectivity index (χ0n) is 13.6. The van der Waals surface area contributed by atoms with E-state index in [1.807, 2.05) is 17.5 Å². The lowest BCUT2D eigenvalue weighted by molar-refractivity contribution is 0.0757. The molecule has 5 heteroatoms. The summed E-state index contributed by atoms with van der Waals surface area (Å²) in [6.45, 7) is 11.2. The van der Waals surface area contributed by atoms with Crippen molar-refractivity contribution in [3.63, 3.8) is 0 Å². The van der Waals surface area contributed by atoms with Crippen LogP contribution in [0.15, 0.2) is 29.9 Å². The molecule has 0 saturated carbocycles. The number of nitrogens with zero attached hydrogens (tertiary/aromatic N) is 4. The van der Waals surface area contributed by atoms with E-state index in [2.05, 4.69) is 56.9 Å². The second-order valence-electron chi connectivity index (χ2n) is 6.08. The van der Waals surface area contributed by atoms with Gasteiger partial charge in [-0.15, -0.1) is 11.3 Å². The van der Waals surface area contributed by atoms with Crippen molar-refractivity contribution >= 4 is 11.3 Å². The Morgan fingerprint density at radius 1 is 1.36 bits per heavy atom. The summed E-state index contributed by atoms with van der Waals surface area (Å²) in [5.41, 5.74) is 0. The maximum absolute atomic E-state index is 4.51. The second kappa shape index (κ2) is 7.40. The molecule has 0 unspecified atom stereocenters. The Bertz CT molecular complexity index is 563. The molecule has 3 heterocycles. The molecule has 22 heavy (non-hydrogen) atoms. The summed E-state index contributed by atoms with van der Waals surface area (Å²) in [4.78, 5) is 11.2. The van der Waals surface area contributed by atoms with Crippen molar-refractivity contribution in [1.29, 1.82) is 0 Å². The average Bonchev–Trinajstić information content (AvgIpc) is 3.18. The van der Waals surface area contributed by atoms with Gasteiger partial charge in [0.05, 0.1) is 6.54 Å². The first-order chi connectivity index (χ1) is 10.8. The monoisotopic (exact) mass is 318 g/mol. The van der Waals surface area contributed by atoms with Crippen LogP contribution in [0.25, 0.3) is 0 Å². The first kappa shape index (κ1) is 15.7. The van der Waals surface area contributed by atoms with Gasteiger partial charge in [-0.05, 0) is 31.7 Å². The molecule has 0 aromatic carbocycles. The van der Waals surface area contributed by atoms with Gasteiger partial charge in [0.15, 0.2) is 0 Å². The Morgan fingerprint density at radius 3 is 3.00 bits per heavy atom. The van der Waals surface area contributed by atoms with Crippen LogP contribution in [0.2, 0.25) is 0 Å². The first-order valence-corrected chi connectivity index (χ1v) is 9.13. The minimum atomic E-state index is 0.596. The largest absolute Gasteiger partial charge is 0.334 e. The molecule has 2 aromatic heterocycles. The zero-order valence-corrected chi connectivity index (χ0v) is 14.4. The van der Waals surface area contributed by atoms with Crippen LogP contribution in [-0.2, 0) is 19.5 Å². The van der Waals surface area contributed by atoms with Gasteiger partial charge >= 0.3 is 0 Å². The van der Waals surface area contributed by atoms with Crippen molar-refractivity contribution in [3.8, 4) is 0 Å². The van der Waals surface area contributed by atoms with Crippen molar-refractivity contribution in [2.75, 3.05) is 26.2 Å². The number of aromatic nitrogens is 2.